The molecule has 1 saturated carbocycles. The highest BCUT2D eigenvalue weighted by Crippen LogP contribution is 2.35. The van der Waals surface area contributed by atoms with Crippen LogP contribution in [-0.4, -0.2) is 35.8 Å². The van der Waals surface area contributed by atoms with Crippen molar-refractivity contribution < 1.29 is 9.84 Å². The lowest BCUT2D eigenvalue weighted by molar-refractivity contribution is 0.143. The number of benzene rings is 1. The Hall–Kier alpha value is -0.770. The van der Waals surface area contributed by atoms with Crippen LogP contribution < -0.4 is 4.74 Å². The molecule has 0 aromatic heterocycles. The van der Waals surface area contributed by atoms with E-state index in [1.807, 2.05) is 12.1 Å². The Balaban J connectivity index is 1.81. The lowest BCUT2D eigenvalue weighted by atomic mass is 10.1. The van der Waals surface area contributed by atoms with Crippen molar-refractivity contribution in [1.29, 1.82) is 0 Å². The molecule has 1 fully saturated rings. The van der Waals surface area contributed by atoms with Crippen LogP contribution in [-0.2, 0) is 13.0 Å². The first-order valence-electron chi connectivity index (χ1n) is 7.57. The molecule has 20 heavy (non-hydrogen) atoms. The molecule has 110 valence electrons. The quantitative estimate of drug-likeness (QED) is 0.906. The number of fused-ring (bicyclic) bond motifs is 1. The third kappa shape index (κ3) is 2.95. The van der Waals surface area contributed by atoms with E-state index in [-0.39, 0.29) is 6.61 Å². The van der Waals surface area contributed by atoms with Crippen LogP contribution in [0.25, 0.3) is 0 Å². The zero-order chi connectivity index (χ0) is 13.9. The molecule has 0 spiro atoms. The Morgan fingerprint density at radius 2 is 2.10 bits per heavy atom. The predicted molar refractivity (Wildman–Crippen MR) is 80.4 cm³/mol. The summed E-state index contributed by atoms with van der Waals surface area (Å²) in [5.41, 5.74) is 2.40. The minimum atomic E-state index is 0.208. The molecule has 0 atom stereocenters. The molecule has 0 unspecified atom stereocenters. The van der Waals surface area contributed by atoms with Gasteiger partial charge in [0.15, 0.2) is 0 Å². The number of halogens is 1. The second-order valence-electron chi connectivity index (χ2n) is 5.78. The minimum Gasteiger partial charge on any atom is -0.493 e. The molecule has 0 bridgehead atoms. The van der Waals surface area contributed by atoms with Gasteiger partial charge >= 0.3 is 0 Å². The number of aliphatic hydroxyl groups excluding tert-OH is 1. The SMILES string of the molecule is OCCN(Cc1cc(Cl)cc2c1OCC2)C1CCCC1. The van der Waals surface area contributed by atoms with Crippen LogP contribution >= 0.6 is 11.6 Å². The van der Waals surface area contributed by atoms with E-state index < -0.39 is 0 Å². The summed E-state index contributed by atoms with van der Waals surface area (Å²) in [5, 5.41) is 10.1. The zero-order valence-electron chi connectivity index (χ0n) is 11.8. The third-order valence-corrected chi connectivity index (χ3v) is 4.65. The highest BCUT2D eigenvalue weighted by Gasteiger charge is 2.25. The number of nitrogens with zero attached hydrogens (tertiary/aromatic N) is 1. The highest BCUT2D eigenvalue weighted by atomic mass is 35.5. The van der Waals surface area contributed by atoms with Crippen LogP contribution in [0, 0.1) is 0 Å². The monoisotopic (exact) mass is 295 g/mol. The summed E-state index contributed by atoms with van der Waals surface area (Å²) < 4.78 is 5.78. The number of aliphatic hydroxyl groups is 1. The molecule has 1 aromatic rings. The maximum atomic E-state index is 9.32. The van der Waals surface area contributed by atoms with Crippen molar-refractivity contribution in [2.45, 2.75) is 44.7 Å². The average molecular weight is 296 g/mol. The molecular weight excluding hydrogens is 274 g/mol. The molecule has 0 amide bonds. The van der Waals surface area contributed by atoms with Crippen molar-refractivity contribution in [2.75, 3.05) is 19.8 Å². The number of hydrogen-bond donors (Lipinski definition) is 1. The fourth-order valence-electron chi connectivity index (χ4n) is 3.47. The molecule has 0 radical (unpaired) electrons. The molecule has 2 aliphatic rings. The minimum absolute atomic E-state index is 0.208. The van der Waals surface area contributed by atoms with Crippen molar-refractivity contribution in [3.63, 3.8) is 0 Å². The van der Waals surface area contributed by atoms with E-state index >= 15 is 0 Å². The van der Waals surface area contributed by atoms with Gasteiger partial charge in [0.05, 0.1) is 13.2 Å². The first kappa shape index (κ1) is 14.2. The van der Waals surface area contributed by atoms with Gasteiger partial charge in [0, 0.05) is 36.1 Å². The summed E-state index contributed by atoms with van der Waals surface area (Å²) in [5.74, 6) is 1.02. The summed E-state index contributed by atoms with van der Waals surface area (Å²) in [7, 11) is 0. The Morgan fingerprint density at radius 3 is 2.85 bits per heavy atom. The van der Waals surface area contributed by atoms with Gasteiger partial charge in [-0.1, -0.05) is 24.4 Å². The first-order valence-corrected chi connectivity index (χ1v) is 7.94. The van der Waals surface area contributed by atoms with Gasteiger partial charge in [-0.2, -0.15) is 0 Å². The second-order valence-corrected chi connectivity index (χ2v) is 6.22. The number of ether oxygens (including phenoxy) is 1. The van der Waals surface area contributed by atoms with Crippen LogP contribution in [0.4, 0.5) is 0 Å². The maximum Gasteiger partial charge on any atom is 0.127 e. The van der Waals surface area contributed by atoms with Gasteiger partial charge in [0.2, 0.25) is 0 Å². The molecule has 0 saturated heterocycles. The van der Waals surface area contributed by atoms with Gasteiger partial charge in [0.25, 0.3) is 0 Å². The van der Waals surface area contributed by atoms with E-state index in [1.54, 1.807) is 0 Å². The summed E-state index contributed by atoms with van der Waals surface area (Å²) in [6, 6.07) is 4.63. The maximum absolute atomic E-state index is 9.32. The Bertz CT molecular complexity index is 472. The molecule has 1 aliphatic carbocycles. The summed E-state index contributed by atoms with van der Waals surface area (Å²) in [4.78, 5) is 2.39. The van der Waals surface area contributed by atoms with Crippen LogP contribution in [0.15, 0.2) is 12.1 Å². The number of rotatable bonds is 5. The first-order chi connectivity index (χ1) is 9.78. The lowest BCUT2D eigenvalue weighted by Gasteiger charge is -2.28. The van der Waals surface area contributed by atoms with Crippen LogP contribution in [0.1, 0.15) is 36.8 Å². The summed E-state index contributed by atoms with van der Waals surface area (Å²) >= 11 is 6.23. The van der Waals surface area contributed by atoms with E-state index in [0.717, 1.165) is 36.9 Å². The summed E-state index contributed by atoms with van der Waals surface area (Å²) in [6.45, 7) is 2.52. The van der Waals surface area contributed by atoms with Gasteiger partial charge in [0.1, 0.15) is 5.75 Å². The molecule has 4 heteroatoms. The van der Waals surface area contributed by atoms with E-state index in [0.29, 0.717) is 6.04 Å². The Labute approximate surface area is 125 Å². The molecule has 1 N–H and O–H groups in total. The van der Waals surface area contributed by atoms with Crippen molar-refractivity contribution in [1.82, 2.24) is 4.90 Å². The fourth-order valence-corrected chi connectivity index (χ4v) is 3.73. The normalized spacial score (nSPS) is 18.6. The van der Waals surface area contributed by atoms with E-state index in [1.165, 1.54) is 36.8 Å². The average Bonchev–Trinajstić information content (AvgIpc) is 3.08. The number of hydrogen-bond acceptors (Lipinski definition) is 3. The van der Waals surface area contributed by atoms with E-state index in [9.17, 15) is 5.11 Å². The van der Waals surface area contributed by atoms with Gasteiger partial charge in [-0.3, -0.25) is 4.90 Å². The van der Waals surface area contributed by atoms with Crippen molar-refractivity contribution >= 4 is 11.6 Å². The summed E-state index contributed by atoms with van der Waals surface area (Å²) in [6.07, 6.45) is 6.03. The standard InChI is InChI=1S/C16H22ClNO2/c17-14-9-12-5-8-20-16(12)13(10-14)11-18(6-7-19)15-3-1-2-4-15/h9-10,15,19H,1-8,11H2. The third-order valence-electron chi connectivity index (χ3n) is 4.43. The Morgan fingerprint density at radius 1 is 1.30 bits per heavy atom. The fraction of sp³-hybridized carbons (Fsp3) is 0.625. The van der Waals surface area contributed by atoms with Crippen LogP contribution in [0.3, 0.4) is 0 Å². The van der Waals surface area contributed by atoms with Crippen molar-refractivity contribution in [3.05, 3.63) is 28.3 Å². The largest absolute Gasteiger partial charge is 0.493 e. The molecule has 1 heterocycles. The molecule has 1 aliphatic heterocycles. The van der Waals surface area contributed by atoms with Crippen molar-refractivity contribution in [3.8, 4) is 5.75 Å². The van der Waals surface area contributed by atoms with E-state index in [4.69, 9.17) is 16.3 Å². The second kappa shape index (κ2) is 6.33. The van der Waals surface area contributed by atoms with Crippen LogP contribution in [0.5, 0.6) is 5.75 Å². The zero-order valence-corrected chi connectivity index (χ0v) is 12.5. The van der Waals surface area contributed by atoms with Gasteiger partial charge in [-0.15, -0.1) is 0 Å². The predicted octanol–water partition coefficient (Wildman–Crippen LogP) is 3.01. The Kier molecular flexibility index (Phi) is 4.49. The topological polar surface area (TPSA) is 32.7 Å². The molecule has 3 rings (SSSR count). The van der Waals surface area contributed by atoms with E-state index in [2.05, 4.69) is 4.90 Å². The van der Waals surface area contributed by atoms with Gasteiger partial charge in [-0.25, -0.2) is 0 Å². The molecule has 1 aromatic carbocycles. The van der Waals surface area contributed by atoms with Crippen LogP contribution in [0.2, 0.25) is 5.02 Å². The smallest absolute Gasteiger partial charge is 0.127 e. The van der Waals surface area contributed by atoms with Gasteiger partial charge < -0.3 is 9.84 Å². The van der Waals surface area contributed by atoms with Crippen molar-refractivity contribution in [2.24, 2.45) is 0 Å². The lowest BCUT2D eigenvalue weighted by Crippen LogP contribution is -2.35. The highest BCUT2D eigenvalue weighted by molar-refractivity contribution is 6.30. The molecular formula is C16H22ClNO2. The molecule has 3 nitrogen and oxygen atoms in total. The van der Waals surface area contributed by atoms with Gasteiger partial charge in [-0.05, 0) is 30.5 Å².